The predicted octanol–water partition coefficient (Wildman–Crippen LogP) is 3.30. The fourth-order valence-corrected chi connectivity index (χ4v) is 3.72. The van der Waals surface area contributed by atoms with E-state index in [1.807, 2.05) is 36.5 Å². The molecular formula is C24H27N3O4. The van der Waals surface area contributed by atoms with Crippen LogP contribution in [0, 0.1) is 0 Å². The number of aliphatic hydroxyl groups is 1. The number of aromatic nitrogens is 1. The molecule has 31 heavy (non-hydrogen) atoms. The van der Waals surface area contributed by atoms with Gasteiger partial charge in [0.25, 0.3) is 5.91 Å². The van der Waals surface area contributed by atoms with E-state index in [0.717, 1.165) is 54.0 Å². The molecule has 162 valence electrons. The number of methoxy groups -OCH3 is 1. The summed E-state index contributed by atoms with van der Waals surface area (Å²) in [5, 5.41) is 18.1. The van der Waals surface area contributed by atoms with Gasteiger partial charge in [-0.05, 0) is 54.1 Å². The van der Waals surface area contributed by atoms with Crippen LogP contribution in [0.4, 0.5) is 5.82 Å². The summed E-state index contributed by atoms with van der Waals surface area (Å²) < 4.78 is 10.6. The second-order valence-corrected chi connectivity index (χ2v) is 7.64. The van der Waals surface area contributed by atoms with Crippen molar-refractivity contribution in [2.75, 3.05) is 32.2 Å². The van der Waals surface area contributed by atoms with Crippen molar-refractivity contribution in [2.24, 2.45) is 0 Å². The van der Waals surface area contributed by atoms with E-state index in [4.69, 9.17) is 9.47 Å². The Morgan fingerprint density at radius 1 is 1.16 bits per heavy atom. The Labute approximate surface area is 181 Å². The van der Waals surface area contributed by atoms with E-state index in [0.29, 0.717) is 11.6 Å². The summed E-state index contributed by atoms with van der Waals surface area (Å²) in [7, 11) is 1.60. The first-order valence-electron chi connectivity index (χ1n) is 10.5. The van der Waals surface area contributed by atoms with Crippen LogP contribution in [0.1, 0.15) is 34.8 Å². The van der Waals surface area contributed by atoms with Crippen molar-refractivity contribution in [1.29, 1.82) is 0 Å². The zero-order valence-corrected chi connectivity index (χ0v) is 17.5. The number of benzene rings is 2. The van der Waals surface area contributed by atoms with Crippen LogP contribution in [-0.4, -0.2) is 49.0 Å². The van der Waals surface area contributed by atoms with E-state index in [-0.39, 0.29) is 12.5 Å². The van der Waals surface area contributed by atoms with Crippen LogP contribution >= 0.6 is 0 Å². The number of carbonyl (C=O) groups is 1. The molecule has 1 atom stereocenters. The van der Waals surface area contributed by atoms with Crippen LogP contribution in [0.3, 0.4) is 0 Å². The number of nitrogens with one attached hydrogen (secondary N) is 2. The molecule has 0 unspecified atom stereocenters. The molecular weight excluding hydrogens is 394 g/mol. The molecule has 7 heteroatoms. The van der Waals surface area contributed by atoms with Crippen LogP contribution in [0.5, 0.6) is 5.75 Å². The van der Waals surface area contributed by atoms with Crippen molar-refractivity contribution < 1.29 is 19.4 Å². The van der Waals surface area contributed by atoms with E-state index in [9.17, 15) is 9.90 Å². The lowest BCUT2D eigenvalue weighted by Gasteiger charge is -2.23. The van der Waals surface area contributed by atoms with E-state index in [2.05, 4.69) is 15.6 Å². The van der Waals surface area contributed by atoms with Crippen LogP contribution in [0.25, 0.3) is 10.8 Å². The average Bonchev–Trinajstić information content (AvgIpc) is 2.82. The molecule has 0 bridgehead atoms. The summed E-state index contributed by atoms with van der Waals surface area (Å²) in [5.74, 6) is 1.27. The minimum atomic E-state index is -0.503. The number of pyridine rings is 1. The number of carbonyl (C=O) groups excluding carboxylic acids is 1. The maximum Gasteiger partial charge on any atom is 0.251 e. The Morgan fingerprint density at radius 3 is 2.65 bits per heavy atom. The summed E-state index contributed by atoms with van der Waals surface area (Å²) >= 11 is 0. The highest BCUT2D eigenvalue weighted by Gasteiger charge is 2.17. The molecule has 1 aromatic heterocycles. The maximum atomic E-state index is 12.9. The van der Waals surface area contributed by atoms with Crippen LogP contribution in [0.2, 0.25) is 0 Å². The molecule has 0 aliphatic carbocycles. The maximum absolute atomic E-state index is 12.9. The molecule has 3 aromatic rings. The number of amides is 1. The van der Waals surface area contributed by atoms with Gasteiger partial charge in [-0.15, -0.1) is 0 Å². The fourth-order valence-electron chi connectivity index (χ4n) is 3.72. The third-order valence-corrected chi connectivity index (χ3v) is 5.56. The number of rotatable bonds is 7. The monoisotopic (exact) mass is 421 g/mol. The highest BCUT2D eigenvalue weighted by molar-refractivity contribution is 5.99. The Bertz CT molecular complexity index is 1030. The van der Waals surface area contributed by atoms with Crippen molar-refractivity contribution in [3.8, 4) is 5.75 Å². The van der Waals surface area contributed by atoms with Crippen molar-refractivity contribution in [3.05, 3.63) is 65.9 Å². The first-order valence-corrected chi connectivity index (χ1v) is 10.5. The smallest absolute Gasteiger partial charge is 0.251 e. The number of fused-ring (bicyclic) bond motifs is 1. The first-order chi connectivity index (χ1) is 15.2. The minimum Gasteiger partial charge on any atom is -0.497 e. The largest absolute Gasteiger partial charge is 0.497 e. The highest BCUT2D eigenvalue weighted by atomic mass is 16.5. The van der Waals surface area contributed by atoms with Gasteiger partial charge in [-0.2, -0.15) is 0 Å². The fraction of sp³-hybridized carbons (Fsp3) is 0.333. The van der Waals surface area contributed by atoms with E-state index in [1.165, 1.54) is 0 Å². The van der Waals surface area contributed by atoms with Gasteiger partial charge in [-0.3, -0.25) is 4.79 Å². The molecule has 7 nitrogen and oxygen atoms in total. The average molecular weight is 421 g/mol. The van der Waals surface area contributed by atoms with Crippen molar-refractivity contribution >= 4 is 22.5 Å². The molecule has 2 aromatic carbocycles. The second-order valence-electron chi connectivity index (χ2n) is 7.64. The molecule has 0 radical (unpaired) electrons. The number of nitrogens with zero attached hydrogens (tertiary/aromatic N) is 1. The van der Waals surface area contributed by atoms with E-state index < -0.39 is 6.04 Å². The summed E-state index contributed by atoms with van der Waals surface area (Å²) in [6, 6.07) is 14.6. The van der Waals surface area contributed by atoms with Gasteiger partial charge in [0, 0.05) is 36.4 Å². The minimum absolute atomic E-state index is 0.200. The Hall–Kier alpha value is -3.16. The molecule has 0 spiro atoms. The molecule has 1 saturated heterocycles. The van der Waals surface area contributed by atoms with E-state index in [1.54, 1.807) is 25.3 Å². The van der Waals surface area contributed by atoms with Gasteiger partial charge < -0.3 is 25.2 Å². The van der Waals surface area contributed by atoms with Gasteiger partial charge in [0.15, 0.2) is 0 Å². The molecule has 0 saturated carbocycles. The second kappa shape index (κ2) is 9.76. The molecule has 1 aliphatic heterocycles. The molecule has 1 amide bonds. The number of hydrogen-bond donors (Lipinski definition) is 3. The molecule has 1 fully saturated rings. The first kappa shape index (κ1) is 21.1. The zero-order chi connectivity index (χ0) is 21.6. The number of hydrogen-bond acceptors (Lipinski definition) is 6. The molecule has 3 N–H and O–H groups in total. The highest BCUT2D eigenvalue weighted by Crippen LogP contribution is 2.22. The van der Waals surface area contributed by atoms with Crippen molar-refractivity contribution in [2.45, 2.75) is 24.9 Å². The standard InChI is InChI=1S/C24H27N3O4/c1-30-21-6-4-16(5-7-21)22(15-28)27-24(29)17-2-3-18-14-25-23(13-19(18)12-17)26-20-8-10-31-11-9-20/h2-7,12-14,20,22,28H,8-11,15H2,1H3,(H,25,26)(H,27,29)/t22-/m1/s1. The van der Waals surface area contributed by atoms with Crippen molar-refractivity contribution in [1.82, 2.24) is 10.3 Å². The topological polar surface area (TPSA) is 92.7 Å². The summed E-state index contributed by atoms with van der Waals surface area (Å²) in [6.07, 6.45) is 3.72. The Morgan fingerprint density at radius 2 is 1.94 bits per heavy atom. The Balaban J connectivity index is 1.49. The van der Waals surface area contributed by atoms with Gasteiger partial charge >= 0.3 is 0 Å². The predicted molar refractivity (Wildman–Crippen MR) is 119 cm³/mol. The lowest BCUT2D eigenvalue weighted by molar-refractivity contribution is 0.0903. The lowest BCUT2D eigenvalue weighted by Crippen LogP contribution is -2.30. The van der Waals surface area contributed by atoms with E-state index >= 15 is 0 Å². The van der Waals surface area contributed by atoms with Gasteiger partial charge in [0.05, 0.1) is 19.8 Å². The lowest BCUT2D eigenvalue weighted by atomic mass is 10.0. The van der Waals surface area contributed by atoms with Crippen LogP contribution in [0.15, 0.2) is 54.7 Å². The SMILES string of the molecule is COc1ccc([C@@H](CO)NC(=O)c2ccc3cnc(NC4CCOCC4)cc3c2)cc1. The third-order valence-electron chi connectivity index (χ3n) is 5.56. The Kier molecular flexibility index (Phi) is 6.64. The quantitative estimate of drug-likeness (QED) is 0.542. The molecule has 1 aliphatic rings. The van der Waals surface area contributed by atoms with Gasteiger partial charge in [-0.1, -0.05) is 18.2 Å². The normalized spacial score (nSPS) is 15.4. The number of ether oxygens (including phenoxy) is 2. The molecule has 4 rings (SSSR count). The van der Waals surface area contributed by atoms with Crippen LogP contribution < -0.4 is 15.4 Å². The number of aliphatic hydroxyl groups excluding tert-OH is 1. The van der Waals surface area contributed by atoms with Gasteiger partial charge in [0.1, 0.15) is 11.6 Å². The van der Waals surface area contributed by atoms with Crippen LogP contribution in [-0.2, 0) is 4.74 Å². The summed E-state index contributed by atoms with van der Waals surface area (Å²) in [4.78, 5) is 17.4. The third kappa shape index (κ3) is 5.13. The number of anilines is 1. The summed E-state index contributed by atoms with van der Waals surface area (Å²) in [5.41, 5.74) is 1.34. The van der Waals surface area contributed by atoms with Gasteiger partial charge in [-0.25, -0.2) is 4.98 Å². The molecule has 2 heterocycles. The zero-order valence-electron chi connectivity index (χ0n) is 17.5. The van der Waals surface area contributed by atoms with Gasteiger partial charge in [0.2, 0.25) is 0 Å². The van der Waals surface area contributed by atoms with Crippen molar-refractivity contribution in [3.63, 3.8) is 0 Å². The summed E-state index contributed by atoms with van der Waals surface area (Å²) in [6.45, 7) is 1.32.